The Bertz CT molecular complexity index is 1170. The molecule has 7 heteroatoms. The van der Waals surface area contributed by atoms with Gasteiger partial charge in [-0.1, -0.05) is 42.5 Å². The van der Waals surface area contributed by atoms with Gasteiger partial charge in [-0.05, 0) is 35.4 Å². The molecule has 1 N–H and O–H groups in total. The second-order valence-corrected chi connectivity index (χ2v) is 7.25. The molecule has 0 aliphatic carbocycles. The summed E-state index contributed by atoms with van der Waals surface area (Å²) in [6.45, 7) is 1.51. The van der Waals surface area contributed by atoms with Crippen LogP contribution in [0.25, 0.3) is 16.8 Å². The highest BCUT2D eigenvalue weighted by molar-refractivity contribution is 5.90. The second kappa shape index (κ2) is 11.0. The van der Waals surface area contributed by atoms with Gasteiger partial charge in [-0.2, -0.15) is 0 Å². The van der Waals surface area contributed by atoms with Crippen LogP contribution in [0.3, 0.4) is 0 Å². The Hall–Kier alpha value is -4.00. The molecule has 1 amide bonds. The van der Waals surface area contributed by atoms with Crippen LogP contribution in [0.1, 0.15) is 24.1 Å². The van der Waals surface area contributed by atoms with E-state index in [1.807, 2.05) is 49.4 Å². The fourth-order valence-corrected chi connectivity index (χ4v) is 3.51. The van der Waals surface area contributed by atoms with Crippen LogP contribution in [-0.2, 0) is 14.3 Å². The number of esters is 1. The Labute approximate surface area is 192 Å². The van der Waals surface area contributed by atoms with Crippen LogP contribution in [0.4, 0.5) is 0 Å². The van der Waals surface area contributed by atoms with E-state index in [9.17, 15) is 9.59 Å². The Morgan fingerprint density at radius 2 is 1.58 bits per heavy atom. The Morgan fingerprint density at radius 3 is 2.30 bits per heavy atom. The van der Waals surface area contributed by atoms with Crippen molar-refractivity contribution in [3.05, 3.63) is 71.8 Å². The van der Waals surface area contributed by atoms with Crippen LogP contribution in [0, 0.1) is 0 Å². The van der Waals surface area contributed by atoms with Gasteiger partial charge in [-0.15, -0.1) is 0 Å². The van der Waals surface area contributed by atoms with Crippen molar-refractivity contribution in [3.63, 3.8) is 0 Å². The first-order valence-corrected chi connectivity index (χ1v) is 10.4. The molecular weight excluding hydrogens is 422 g/mol. The summed E-state index contributed by atoms with van der Waals surface area (Å²) in [7, 11) is 4.55. The van der Waals surface area contributed by atoms with E-state index in [0.29, 0.717) is 22.8 Å². The zero-order chi connectivity index (χ0) is 23.8. The van der Waals surface area contributed by atoms with Crippen LogP contribution in [0.2, 0.25) is 0 Å². The lowest BCUT2D eigenvalue weighted by Gasteiger charge is -2.16. The highest BCUT2D eigenvalue weighted by Gasteiger charge is 2.14. The maximum absolute atomic E-state index is 12.3. The van der Waals surface area contributed by atoms with Gasteiger partial charge in [0.25, 0.3) is 5.91 Å². The molecular formula is C26H27NO6. The standard InChI is InChI=1S/C26H27NO6/c1-17(20-11-7-9-18-8-5-6-10-21(18)20)27-25(28)16-33-26(29)13-12-19-14-23(31-3)24(32-4)15-22(19)30-2/h5-15,17H,16H2,1-4H3,(H,27,28)/b13-12+. The average molecular weight is 450 g/mol. The third-order valence-electron chi connectivity index (χ3n) is 5.15. The van der Waals surface area contributed by atoms with Crippen molar-refractivity contribution in [1.29, 1.82) is 0 Å². The van der Waals surface area contributed by atoms with Crippen molar-refractivity contribution in [1.82, 2.24) is 5.32 Å². The summed E-state index contributed by atoms with van der Waals surface area (Å²) in [4.78, 5) is 24.5. The molecule has 0 saturated heterocycles. The molecule has 0 radical (unpaired) electrons. The smallest absolute Gasteiger partial charge is 0.331 e. The fourth-order valence-electron chi connectivity index (χ4n) is 3.51. The Balaban J connectivity index is 1.59. The molecule has 1 atom stereocenters. The fraction of sp³-hybridized carbons (Fsp3) is 0.231. The molecule has 0 aromatic heterocycles. The maximum atomic E-state index is 12.3. The summed E-state index contributed by atoms with van der Waals surface area (Å²) in [5.41, 5.74) is 1.59. The van der Waals surface area contributed by atoms with Crippen LogP contribution < -0.4 is 19.5 Å². The number of methoxy groups -OCH3 is 3. The van der Waals surface area contributed by atoms with Gasteiger partial charge in [-0.3, -0.25) is 4.79 Å². The van der Waals surface area contributed by atoms with E-state index in [1.54, 1.807) is 12.1 Å². The molecule has 0 aliphatic heterocycles. The van der Waals surface area contributed by atoms with Crippen molar-refractivity contribution in [2.75, 3.05) is 27.9 Å². The van der Waals surface area contributed by atoms with E-state index in [4.69, 9.17) is 18.9 Å². The molecule has 3 aromatic rings. The monoisotopic (exact) mass is 449 g/mol. The second-order valence-electron chi connectivity index (χ2n) is 7.25. The first kappa shape index (κ1) is 23.7. The molecule has 3 rings (SSSR count). The minimum atomic E-state index is -0.653. The summed E-state index contributed by atoms with van der Waals surface area (Å²) in [5, 5.41) is 5.03. The van der Waals surface area contributed by atoms with Crippen molar-refractivity contribution >= 4 is 28.7 Å². The van der Waals surface area contributed by atoms with E-state index >= 15 is 0 Å². The number of carbonyl (C=O) groups is 2. The quantitative estimate of drug-likeness (QED) is 0.387. The van der Waals surface area contributed by atoms with E-state index < -0.39 is 5.97 Å². The van der Waals surface area contributed by atoms with E-state index in [1.165, 1.54) is 33.5 Å². The lowest BCUT2D eigenvalue weighted by molar-refractivity contribution is -0.144. The van der Waals surface area contributed by atoms with Crippen molar-refractivity contribution in [2.45, 2.75) is 13.0 Å². The summed E-state index contributed by atoms with van der Waals surface area (Å²) in [6, 6.07) is 17.0. The van der Waals surface area contributed by atoms with Gasteiger partial charge in [0, 0.05) is 17.7 Å². The number of nitrogens with one attached hydrogen (secondary N) is 1. The third kappa shape index (κ3) is 5.83. The first-order chi connectivity index (χ1) is 16.0. The van der Waals surface area contributed by atoms with Gasteiger partial charge >= 0.3 is 5.97 Å². The van der Waals surface area contributed by atoms with Gasteiger partial charge in [0.05, 0.1) is 27.4 Å². The van der Waals surface area contributed by atoms with E-state index in [-0.39, 0.29) is 18.6 Å². The van der Waals surface area contributed by atoms with Crippen LogP contribution in [-0.4, -0.2) is 39.8 Å². The molecule has 0 aliphatic rings. The SMILES string of the molecule is COc1cc(OC)c(OC)cc1/C=C/C(=O)OCC(=O)NC(C)c1cccc2ccccc12. The summed E-state index contributed by atoms with van der Waals surface area (Å²) < 4.78 is 20.9. The summed E-state index contributed by atoms with van der Waals surface area (Å²) in [6.07, 6.45) is 2.75. The van der Waals surface area contributed by atoms with Crippen LogP contribution in [0.15, 0.2) is 60.7 Å². The molecule has 0 bridgehead atoms. The number of fused-ring (bicyclic) bond motifs is 1. The molecule has 0 saturated carbocycles. The zero-order valence-corrected chi connectivity index (χ0v) is 19.1. The molecule has 0 spiro atoms. The Kier molecular flexibility index (Phi) is 7.91. The Morgan fingerprint density at radius 1 is 0.909 bits per heavy atom. The van der Waals surface area contributed by atoms with Crippen LogP contribution in [0.5, 0.6) is 17.2 Å². The number of ether oxygens (including phenoxy) is 4. The molecule has 172 valence electrons. The first-order valence-electron chi connectivity index (χ1n) is 10.4. The average Bonchev–Trinajstić information content (AvgIpc) is 2.85. The lowest BCUT2D eigenvalue weighted by atomic mass is 10.00. The summed E-state index contributed by atoms with van der Waals surface area (Å²) in [5.74, 6) is 0.457. The predicted molar refractivity (Wildman–Crippen MR) is 127 cm³/mol. The van der Waals surface area contributed by atoms with Gasteiger partial charge in [-0.25, -0.2) is 4.79 Å². The highest BCUT2D eigenvalue weighted by Crippen LogP contribution is 2.35. The molecule has 0 heterocycles. The number of benzene rings is 3. The third-order valence-corrected chi connectivity index (χ3v) is 5.15. The minimum absolute atomic E-state index is 0.242. The number of rotatable bonds is 9. The van der Waals surface area contributed by atoms with E-state index in [2.05, 4.69) is 5.32 Å². The van der Waals surface area contributed by atoms with Crippen molar-refractivity contribution in [3.8, 4) is 17.2 Å². The van der Waals surface area contributed by atoms with Crippen LogP contribution >= 0.6 is 0 Å². The number of carbonyl (C=O) groups excluding carboxylic acids is 2. The molecule has 1 unspecified atom stereocenters. The minimum Gasteiger partial charge on any atom is -0.496 e. The molecule has 33 heavy (non-hydrogen) atoms. The number of hydrogen-bond acceptors (Lipinski definition) is 6. The number of hydrogen-bond donors (Lipinski definition) is 1. The topological polar surface area (TPSA) is 83.1 Å². The molecule has 3 aromatic carbocycles. The van der Waals surface area contributed by atoms with E-state index in [0.717, 1.165) is 16.3 Å². The normalized spacial score (nSPS) is 11.8. The largest absolute Gasteiger partial charge is 0.496 e. The maximum Gasteiger partial charge on any atom is 0.331 e. The van der Waals surface area contributed by atoms with Gasteiger partial charge in [0.2, 0.25) is 0 Å². The summed E-state index contributed by atoms with van der Waals surface area (Å²) >= 11 is 0. The van der Waals surface area contributed by atoms with Gasteiger partial charge in [0.15, 0.2) is 18.1 Å². The zero-order valence-electron chi connectivity index (χ0n) is 19.1. The lowest BCUT2D eigenvalue weighted by Crippen LogP contribution is -2.31. The molecule has 7 nitrogen and oxygen atoms in total. The highest BCUT2D eigenvalue weighted by atomic mass is 16.5. The molecule has 0 fully saturated rings. The van der Waals surface area contributed by atoms with Gasteiger partial charge < -0.3 is 24.3 Å². The number of amides is 1. The van der Waals surface area contributed by atoms with Crippen molar-refractivity contribution in [2.24, 2.45) is 0 Å². The van der Waals surface area contributed by atoms with Gasteiger partial charge in [0.1, 0.15) is 5.75 Å². The van der Waals surface area contributed by atoms with Crippen molar-refractivity contribution < 1.29 is 28.5 Å². The predicted octanol–water partition coefficient (Wildman–Crippen LogP) is 4.30.